The van der Waals surface area contributed by atoms with Crippen LogP contribution in [0.1, 0.15) is 19.5 Å². The molecule has 0 aliphatic heterocycles. The SMILES string of the molecule is CC(C)Oc1nc(NCc2ccon2)ccc1N. The fourth-order valence-electron chi connectivity index (χ4n) is 1.38. The lowest BCUT2D eigenvalue weighted by molar-refractivity contribution is 0.234. The van der Waals surface area contributed by atoms with Gasteiger partial charge in [0.15, 0.2) is 0 Å². The first-order valence-electron chi connectivity index (χ1n) is 5.71. The van der Waals surface area contributed by atoms with Crippen LogP contribution < -0.4 is 15.8 Å². The molecule has 18 heavy (non-hydrogen) atoms. The second kappa shape index (κ2) is 5.39. The molecule has 2 aromatic heterocycles. The number of ether oxygens (including phenoxy) is 1. The van der Waals surface area contributed by atoms with Gasteiger partial charge in [-0.3, -0.25) is 0 Å². The van der Waals surface area contributed by atoms with Crippen molar-refractivity contribution >= 4 is 11.5 Å². The number of nitrogens with zero attached hydrogens (tertiary/aromatic N) is 2. The predicted octanol–water partition coefficient (Wildman–Crippen LogP) is 2.05. The number of nitrogen functional groups attached to an aromatic ring is 1. The minimum atomic E-state index is 0.0330. The van der Waals surface area contributed by atoms with Crippen LogP contribution >= 0.6 is 0 Å². The number of nitrogens with two attached hydrogens (primary N) is 1. The summed E-state index contributed by atoms with van der Waals surface area (Å²) in [6.07, 6.45) is 1.56. The van der Waals surface area contributed by atoms with E-state index in [0.717, 1.165) is 5.69 Å². The first kappa shape index (κ1) is 12.2. The van der Waals surface area contributed by atoms with Crippen LogP contribution in [0.4, 0.5) is 11.5 Å². The zero-order valence-corrected chi connectivity index (χ0v) is 10.4. The molecule has 0 saturated carbocycles. The Morgan fingerprint density at radius 3 is 2.89 bits per heavy atom. The van der Waals surface area contributed by atoms with E-state index in [2.05, 4.69) is 15.5 Å². The highest BCUT2D eigenvalue weighted by Crippen LogP contribution is 2.22. The molecule has 6 heteroatoms. The third-order valence-electron chi connectivity index (χ3n) is 2.18. The number of pyridine rings is 1. The lowest BCUT2D eigenvalue weighted by Crippen LogP contribution is -2.10. The molecule has 2 aromatic rings. The van der Waals surface area contributed by atoms with Crippen LogP contribution in [0, 0.1) is 0 Å². The van der Waals surface area contributed by atoms with Crippen molar-refractivity contribution in [3.63, 3.8) is 0 Å². The van der Waals surface area contributed by atoms with Crippen LogP contribution in [0.2, 0.25) is 0 Å². The maximum Gasteiger partial charge on any atom is 0.239 e. The highest BCUT2D eigenvalue weighted by atomic mass is 16.5. The molecule has 0 unspecified atom stereocenters. The Hall–Kier alpha value is -2.24. The molecule has 96 valence electrons. The van der Waals surface area contributed by atoms with Gasteiger partial charge >= 0.3 is 0 Å². The molecule has 0 atom stereocenters. The van der Waals surface area contributed by atoms with Crippen molar-refractivity contribution in [3.05, 3.63) is 30.2 Å². The average Bonchev–Trinajstić information content (AvgIpc) is 2.82. The van der Waals surface area contributed by atoms with Crippen LogP contribution in [0.5, 0.6) is 5.88 Å². The molecule has 2 heterocycles. The Kier molecular flexibility index (Phi) is 3.66. The fourth-order valence-corrected chi connectivity index (χ4v) is 1.38. The Balaban J connectivity index is 2.04. The molecule has 0 saturated heterocycles. The third-order valence-corrected chi connectivity index (χ3v) is 2.18. The lowest BCUT2D eigenvalue weighted by Gasteiger charge is -2.12. The summed E-state index contributed by atoms with van der Waals surface area (Å²) < 4.78 is 10.3. The number of hydrogen-bond acceptors (Lipinski definition) is 6. The summed E-state index contributed by atoms with van der Waals surface area (Å²) >= 11 is 0. The van der Waals surface area contributed by atoms with Crippen molar-refractivity contribution in [2.45, 2.75) is 26.5 Å². The molecular weight excluding hydrogens is 232 g/mol. The first-order chi connectivity index (χ1) is 8.65. The monoisotopic (exact) mass is 248 g/mol. The predicted molar refractivity (Wildman–Crippen MR) is 68.2 cm³/mol. The maximum absolute atomic E-state index is 5.79. The molecule has 3 N–H and O–H groups in total. The average molecular weight is 248 g/mol. The summed E-state index contributed by atoms with van der Waals surface area (Å²) in [6.45, 7) is 4.39. The van der Waals surface area contributed by atoms with Gasteiger partial charge in [0.05, 0.1) is 18.3 Å². The van der Waals surface area contributed by atoms with Crippen molar-refractivity contribution in [3.8, 4) is 5.88 Å². The molecule has 0 spiro atoms. The highest BCUT2D eigenvalue weighted by molar-refractivity contribution is 5.53. The Morgan fingerprint density at radius 2 is 2.22 bits per heavy atom. The topological polar surface area (TPSA) is 86.2 Å². The Bertz CT molecular complexity index is 497. The van der Waals surface area contributed by atoms with Crippen molar-refractivity contribution in [1.82, 2.24) is 10.1 Å². The third kappa shape index (κ3) is 3.13. The molecule has 0 aromatic carbocycles. The van der Waals surface area contributed by atoms with Gasteiger partial charge in [0.1, 0.15) is 17.8 Å². The Labute approximate surface area is 105 Å². The van der Waals surface area contributed by atoms with Crippen molar-refractivity contribution in [1.29, 1.82) is 0 Å². The standard InChI is InChI=1S/C12H16N4O2/c1-8(2)18-12-10(13)3-4-11(15-12)14-7-9-5-6-17-16-9/h3-6,8H,7,13H2,1-2H3,(H,14,15). The van der Waals surface area contributed by atoms with Crippen LogP contribution in [0.15, 0.2) is 29.0 Å². The lowest BCUT2D eigenvalue weighted by atomic mass is 10.3. The van der Waals surface area contributed by atoms with Gasteiger partial charge in [-0.05, 0) is 26.0 Å². The van der Waals surface area contributed by atoms with Crippen LogP contribution in [0.25, 0.3) is 0 Å². The molecule has 0 fully saturated rings. The fraction of sp³-hybridized carbons (Fsp3) is 0.333. The Morgan fingerprint density at radius 1 is 1.39 bits per heavy atom. The van der Waals surface area contributed by atoms with Crippen LogP contribution in [-0.2, 0) is 6.54 Å². The van der Waals surface area contributed by atoms with E-state index in [9.17, 15) is 0 Å². The summed E-state index contributed by atoms with van der Waals surface area (Å²) in [5.74, 6) is 1.12. The van der Waals surface area contributed by atoms with Gasteiger partial charge in [0, 0.05) is 6.07 Å². The number of hydrogen-bond donors (Lipinski definition) is 2. The zero-order valence-electron chi connectivity index (χ0n) is 10.4. The van der Waals surface area contributed by atoms with E-state index in [1.807, 2.05) is 13.8 Å². The van der Waals surface area contributed by atoms with Gasteiger partial charge in [0.25, 0.3) is 0 Å². The molecule has 2 rings (SSSR count). The van der Waals surface area contributed by atoms with E-state index in [0.29, 0.717) is 23.9 Å². The van der Waals surface area contributed by atoms with E-state index in [4.69, 9.17) is 15.0 Å². The van der Waals surface area contributed by atoms with E-state index in [-0.39, 0.29) is 6.10 Å². The van der Waals surface area contributed by atoms with E-state index in [1.165, 1.54) is 6.26 Å². The summed E-state index contributed by atoms with van der Waals surface area (Å²) in [6, 6.07) is 5.34. The van der Waals surface area contributed by atoms with Gasteiger partial charge in [-0.2, -0.15) is 4.98 Å². The molecule has 0 aliphatic carbocycles. The van der Waals surface area contributed by atoms with E-state index in [1.54, 1.807) is 18.2 Å². The summed E-state index contributed by atoms with van der Waals surface area (Å²) in [7, 11) is 0. The number of nitrogens with one attached hydrogen (secondary N) is 1. The maximum atomic E-state index is 5.79. The normalized spacial score (nSPS) is 10.6. The molecule has 0 bridgehead atoms. The van der Waals surface area contributed by atoms with Crippen LogP contribution in [-0.4, -0.2) is 16.2 Å². The van der Waals surface area contributed by atoms with Crippen molar-refractivity contribution in [2.75, 3.05) is 11.1 Å². The first-order valence-corrected chi connectivity index (χ1v) is 5.71. The molecule has 0 amide bonds. The van der Waals surface area contributed by atoms with Gasteiger partial charge in [-0.1, -0.05) is 5.16 Å². The number of aromatic nitrogens is 2. The molecule has 0 radical (unpaired) electrons. The number of rotatable bonds is 5. The zero-order chi connectivity index (χ0) is 13.0. The summed E-state index contributed by atoms with van der Waals surface area (Å²) in [5, 5.41) is 6.92. The van der Waals surface area contributed by atoms with Gasteiger partial charge in [-0.25, -0.2) is 0 Å². The summed E-state index contributed by atoms with van der Waals surface area (Å²) in [5.41, 5.74) is 7.12. The quantitative estimate of drug-likeness (QED) is 0.842. The largest absolute Gasteiger partial charge is 0.473 e. The summed E-state index contributed by atoms with van der Waals surface area (Å²) in [4.78, 5) is 4.30. The van der Waals surface area contributed by atoms with Crippen LogP contribution in [0.3, 0.4) is 0 Å². The second-order valence-electron chi connectivity index (χ2n) is 4.10. The highest BCUT2D eigenvalue weighted by Gasteiger charge is 2.06. The van der Waals surface area contributed by atoms with Gasteiger partial charge in [-0.15, -0.1) is 0 Å². The van der Waals surface area contributed by atoms with Gasteiger partial charge < -0.3 is 20.3 Å². The second-order valence-corrected chi connectivity index (χ2v) is 4.10. The molecule has 0 aliphatic rings. The van der Waals surface area contributed by atoms with E-state index >= 15 is 0 Å². The van der Waals surface area contributed by atoms with E-state index < -0.39 is 0 Å². The minimum Gasteiger partial charge on any atom is -0.473 e. The molecular formula is C12H16N4O2. The van der Waals surface area contributed by atoms with Gasteiger partial charge in [0.2, 0.25) is 5.88 Å². The molecule has 6 nitrogen and oxygen atoms in total. The number of anilines is 2. The minimum absolute atomic E-state index is 0.0330. The van der Waals surface area contributed by atoms with Crippen molar-refractivity contribution < 1.29 is 9.26 Å². The van der Waals surface area contributed by atoms with Crippen molar-refractivity contribution in [2.24, 2.45) is 0 Å². The smallest absolute Gasteiger partial charge is 0.239 e.